The number of benzene rings is 1. The second-order valence-corrected chi connectivity index (χ2v) is 5.09. The van der Waals surface area contributed by atoms with E-state index in [0.717, 1.165) is 28.5 Å². The van der Waals surface area contributed by atoms with Gasteiger partial charge in [0, 0.05) is 36.9 Å². The number of nitrogens with zero attached hydrogens (tertiary/aromatic N) is 3. The van der Waals surface area contributed by atoms with E-state index in [9.17, 15) is 0 Å². The van der Waals surface area contributed by atoms with Gasteiger partial charge >= 0.3 is 0 Å². The van der Waals surface area contributed by atoms with Gasteiger partial charge in [-0.15, -0.1) is 0 Å². The normalized spacial score (nSPS) is 10.4. The summed E-state index contributed by atoms with van der Waals surface area (Å²) in [6.45, 7) is 5.55. The highest BCUT2D eigenvalue weighted by atomic mass is 35.5. The maximum atomic E-state index is 6.20. The van der Waals surface area contributed by atoms with Gasteiger partial charge in [0.1, 0.15) is 5.82 Å². The molecule has 0 aliphatic carbocycles. The number of aryl methyl sites for hydroxylation is 1. The highest BCUT2D eigenvalue weighted by molar-refractivity contribution is 6.31. The van der Waals surface area contributed by atoms with Crippen LogP contribution in [-0.4, -0.2) is 23.6 Å². The molecule has 0 fully saturated rings. The average Bonchev–Trinajstić information content (AvgIpc) is 2.43. The molecule has 0 radical (unpaired) electrons. The Balaban J connectivity index is 2.22. The predicted molar refractivity (Wildman–Crippen MR) is 84.5 cm³/mol. The standard InChI is InChI=1S/C15H19ClN4/c1-4-17-15-18-9-11(2)14(19-15)20(3)10-12-7-5-6-8-13(12)16/h5-9H,4,10H2,1-3H3,(H,17,18,19). The van der Waals surface area contributed by atoms with Gasteiger partial charge in [-0.3, -0.25) is 0 Å². The second-order valence-electron chi connectivity index (χ2n) is 4.68. The Morgan fingerprint density at radius 3 is 2.75 bits per heavy atom. The van der Waals surface area contributed by atoms with Gasteiger partial charge in [-0.1, -0.05) is 29.8 Å². The minimum absolute atomic E-state index is 0.652. The predicted octanol–water partition coefficient (Wildman–Crippen LogP) is 3.51. The van der Waals surface area contributed by atoms with Crippen molar-refractivity contribution in [3.63, 3.8) is 0 Å². The van der Waals surface area contributed by atoms with Gasteiger partial charge in [-0.25, -0.2) is 4.98 Å². The van der Waals surface area contributed by atoms with Crippen LogP contribution in [0.3, 0.4) is 0 Å². The summed E-state index contributed by atoms with van der Waals surface area (Å²) in [5.41, 5.74) is 2.13. The number of nitrogens with one attached hydrogen (secondary N) is 1. The third-order valence-electron chi connectivity index (χ3n) is 3.01. The average molecular weight is 291 g/mol. The van der Waals surface area contributed by atoms with E-state index in [4.69, 9.17) is 11.6 Å². The molecular weight excluding hydrogens is 272 g/mol. The molecule has 0 atom stereocenters. The number of halogens is 1. The lowest BCUT2D eigenvalue weighted by Gasteiger charge is -2.21. The van der Waals surface area contributed by atoms with E-state index in [-0.39, 0.29) is 0 Å². The van der Waals surface area contributed by atoms with Crippen molar-refractivity contribution in [1.82, 2.24) is 9.97 Å². The summed E-state index contributed by atoms with van der Waals surface area (Å²) in [4.78, 5) is 10.9. The fraction of sp³-hybridized carbons (Fsp3) is 0.333. The largest absolute Gasteiger partial charge is 0.355 e. The van der Waals surface area contributed by atoms with E-state index in [2.05, 4.69) is 20.2 Å². The second kappa shape index (κ2) is 6.57. The number of hydrogen-bond acceptors (Lipinski definition) is 4. The van der Waals surface area contributed by atoms with Crippen molar-refractivity contribution in [3.05, 3.63) is 46.6 Å². The molecule has 1 aromatic carbocycles. The lowest BCUT2D eigenvalue weighted by atomic mass is 10.2. The molecule has 0 bridgehead atoms. The summed E-state index contributed by atoms with van der Waals surface area (Å²) in [5.74, 6) is 1.56. The topological polar surface area (TPSA) is 41.1 Å². The van der Waals surface area contributed by atoms with Crippen molar-refractivity contribution in [1.29, 1.82) is 0 Å². The molecule has 1 aromatic heterocycles. The van der Waals surface area contributed by atoms with Crippen molar-refractivity contribution in [2.45, 2.75) is 20.4 Å². The summed E-state index contributed by atoms with van der Waals surface area (Å²) in [5, 5.41) is 3.91. The Morgan fingerprint density at radius 1 is 1.30 bits per heavy atom. The minimum atomic E-state index is 0.652. The SMILES string of the molecule is CCNc1ncc(C)c(N(C)Cc2ccccc2Cl)n1. The zero-order chi connectivity index (χ0) is 14.5. The molecule has 0 spiro atoms. The van der Waals surface area contributed by atoms with E-state index in [1.165, 1.54) is 0 Å². The van der Waals surface area contributed by atoms with Crippen molar-refractivity contribution in [3.8, 4) is 0 Å². The van der Waals surface area contributed by atoms with Crippen LogP contribution in [0.2, 0.25) is 5.02 Å². The molecule has 0 saturated carbocycles. The van der Waals surface area contributed by atoms with Crippen LogP contribution in [0.25, 0.3) is 0 Å². The van der Waals surface area contributed by atoms with E-state index in [1.807, 2.05) is 51.4 Å². The molecule has 20 heavy (non-hydrogen) atoms. The highest BCUT2D eigenvalue weighted by Crippen LogP contribution is 2.22. The Hall–Kier alpha value is -1.81. The Bertz CT molecular complexity index is 586. The molecule has 0 amide bonds. The van der Waals surface area contributed by atoms with Gasteiger partial charge in [0.25, 0.3) is 0 Å². The van der Waals surface area contributed by atoms with Crippen molar-refractivity contribution in [2.75, 3.05) is 23.8 Å². The zero-order valence-corrected chi connectivity index (χ0v) is 12.8. The molecule has 1 heterocycles. The van der Waals surface area contributed by atoms with Crippen LogP contribution in [-0.2, 0) is 6.54 Å². The fourth-order valence-corrected chi connectivity index (χ4v) is 2.22. The molecule has 1 N–H and O–H groups in total. The van der Waals surface area contributed by atoms with Crippen LogP contribution >= 0.6 is 11.6 Å². The maximum absolute atomic E-state index is 6.20. The van der Waals surface area contributed by atoms with Gasteiger partial charge in [0.2, 0.25) is 5.95 Å². The lowest BCUT2D eigenvalue weighted by Crippen LogP contribution is -2.20. The Kier molecular flexibility index (Phi) is 4.79. The van der Waals surface area contributed by atoms with Crippen molar-refractivity contribution in [2.24, 2.45) is 0 Å². The van der Waals surface area contributed by atoms with Crippen molar-refractivity contribution < 1.29 is 0 Å². The monoisotopic (exact) mass is 290 g/mol. The van der Waals surface area contributed by atoms with E-state index >= 15 is 0 Å². The highest BCUT2D eigenvalue weighted by Gasteiger charge is 2.10. The van der Waals surface area contributed by atoms with Crippen LogP contribution in [0, 0.1) is 6.92 Å². The first-order chi connectivity index (χ1) is 9.61. The zero-order valence-electron chi connectivity index (χ0n) is 12.0. The Morgan fingerprint density at radius 2 is 2.05 bits per heavy atom. The van der Waals surface area contributed by atoms with Gasteiger partial charge in [0.05, 0.1) is 0 Å². The third kappa shape index (κ3) is 3.39. The molecule has 106 valence electrons. The molecule has 0 saturated heterocycles. The summed E-state index contributed by atoms with van der Waals surface area (Å²) in [7, 11) is 2.01. The number of anilines is 2. The third-order valence-corrected chi connectivity index (χ3v) is 3.38. The summed E-state index contributed by atoms with van der Waals surface area (Å²) >= 11 is 6.20. The maximum Gasteiger partial charge on any atom is 0.224 e. The molecular formula is C15H19ClN4. The van der Waals surface area contributed by atoms with Gasteiger partial charge in [-0.05, 0) is 25.5 Å². The number of rotatable bonds is 5. The van der Waals surface area contributed by atoms with E-state index < -0.39 is 0 Å². The first-order valence-electron chi connectivity index (χ1n) is 6.64. The van der Waals surface area contributed by atoms with E-state index in [0.29, 0.717) is 12.5 Å². The molecule has 4 nitrogen and oxygen atoms in total. The van der Waals surface area contributed by atoms with Crippen LogP contribution < -0.4 is 10.2 Å². The van der Waals surface area contributed by atoms with Crippen LogP contribution in [0.5, 0.6) is 0 Å². The van der Waals surface area contributed by atoms with Gasteiger partial charge < -0.3 is 10.2 Å². The number of aromatic nitrogens is 2. The first kappa shape index (κ1) is 14.6. The number of hydrogen-bond donors (Lipinski definition) is 1. The van der Waals surface area contributed by atoms with Gasteiger partial charge in [0.15, 0.2) is 0 Å². The smallest absolute Gasteiger partial charge is 0.224 e. The minimum Gasteiger partial charge on any atom is -0.355 e. The molecule has 2 rings (SSSR count). The Labute approximate surface area is 124 Å². The molecule has 0 unspecified atom stereocenters. The molecule has 0 aliphatic rings. The first-order valence-corrected chi connectivity index (χ1v) is 7.01. The molecule has 5 heteroatoms. The lowest BCUT2D eigenvalue weighted by molar-refractivity contribution is 0.881. The quantitative estimate of drug-likeness (QED) is 0.915. The summed E-state index contributed by atoms with van der Waals surface area (Å²) < 4.78 is 0. The molecule has 2 aromatic rings. The van der Waals surface area contributed by atoms with Gasteiger partial charge in [-0.2, -0.15) is 4.98 Å². The molecule has 0 aliphatic heterocycles. The van der Waals surface area contributed by atoms with Crippen molar-refractivity contribution >= 4 is 23.4 Å². The van der Waals surface area contributed by atoms with E-state index in [1.54, 1.807) is 0 Å². The summed E-state index contributed by atoms with van der Waals surface area (Å²) in [6, 6.07) is 7.86. The van der Waals surface area contributed by atoms with Crippen LogP contribution in [0.1, 0.15) is 18.1 Å². The fourth-order valence-electron chi connectivity index (χ4n) is 2.02. The van der Waals surface area contributed by atoms with Crippen LogP contribution in [0.4, 0.5) is 11.8 Å². The summed E-state index contributed by atoms with van der Waals surface area (Å²) in [6.07, 6.45) is 1.84. The van der Waals surface area contributed by atoms with Crippen LogP contribution in [0.15, 0.2) is 30.5 Å².